The van der Waals surface area contributed by atoms with E-state index in [-0.39, 0.29) is 12.7 Å². The van der Waals surface area contributed by atoms with E-state index >= 15 is 0 Å². The summed E-state index contributed by atoms with van der Waals surface area (Å²) in [6, 6.07) is 5.78. The molecule has 0 bridgehead atoms. The molecule has 1 aromatic carbocycles. The van der Waals surface area contributed by atoms with Crippen LogP contribution in [0.5, 0.6) is 11.5 Å². The fraction of sp³-hybridized carbons (Fsp3) is 0.500. The van der Waals surface area contributed by atoms with Crippen LogP contribution in [0.2, 0.25) is 0 Å². The second kappa shape index (κ2) is 5.41. The molecule has 0 N–H and O–H groups in total. The summed E-state index contributed by atoms with van der Waals surface area (Å²) in [6.45, 7) is 7.20. The van der Waals surface area contributed by atoms with Gasteiger partial charge in [-0.25, -0.2) is 0 Å². The monoisotopic (exact) mass is 327 g/mol. The maximum atomic E-state index is 12.3. The first-order chi connectivity index (χ1) is 8.91. The van der Waals surface area contributed by atoms with Gasteiger partial charge in [0.05, 0.1) is 4.32 Å². The van der Waals surface area contributed by atoms with Crippen LogP contribution in [0.4, 0.5) is 0 Å². The highest BCUT2D eigenvalue weighted by Crippen LogP contribution is 2.33. The molecule has 5 heteroatoms. The molecule has 4 nitrogen and oxygen atoms in total. The highest BCUT2D eigenvalue weighted by molar-refractivity contribution is 9.10. The van der Waals surface area contributed by atoms with Crippen molar-refractivity contribution in [2.24, 2.45) is 0 Å². The summed E-state index contributed by atoms with van der Waals surface area (Å²) in [5.74, 6) is 1.59. The molecule has 0 aliphatic carbocycles. The van der Waals surface area contributed by atoms with Gasteiger partial charge >= 0.3 is 0 Å². The summed E-state index contributed by atoms with van der Waals surface area (Å²) in [6.07, 6.45) is 0. The van der Waals surface area contributed by atoms with Crippen molar-refractivity contribution < 1.29 is 14.3 Å². The van der Waals surface area contributed by atoms with Gasteiger partial charge in [-0.1, -0.05) is 22.0 Å². The zero-order valence-corrected chi connectivity index (χ0v) is 13.0. The number of hydrogen-bond acceptors (Lipinski definition) is 3. The minimum absolute atomic E-state index is 0.0765. The van der Waals surface area contributed by atoms with E-state index in [9.17, 15) is 4.79 Å². The van der Waals surface area contributed by atoms with Gasteiger partial charge in [0.2, 0.25) is 12.7 Å². The van der Waals surface area contributed by atoms with Gasteiger partial charge in [0.1, 0.15) is 0 Å². The van der Waals surface area contributed by atoms with E-state index in [1.165, 1.54) is 0 Å². The van der Waals surface area contributed by atoms with Crippen LogP contribution in [-0.4, -0.2) is 28.5 Å². The lowest BCUT2D eigenvalue weighted by Gasteiger charge is -2.27. The molecule has 0 fully saturated rings. The molecule has 104 valence electrons. The number of carbonyl (C=O) groups excluding carboxylic acids is 1. The highest BCUT2D eigenvalue weighted by Gasteiger charge is 2.28. The Balaban J connectivity index is 2.13. The van der Waals surface area contributed by atoms with Gasteiger partial charge in [-0.05, 0) is 38.5 Å². The van der Waals surface area contributed by atoms with Gasteiger partial charge in [-0.2, -0.15) is 0 Å². The Labute approximate surface area is 121 Å². The number of alkyl halides is 1. The number of benzene rings is 1. The quantitative estimate of drug-likeness (QED) is 0.798. The van der Waals surface area contributed by atoms with Crippen molar-refractivity contribution in [3.05, 3.63) is 23.8 Å². The Morgan fingerprint density at radius 1 is 1.37 bits per heavy atom. The van der Waals surface area contributed by atoms with E-state index in [1.807, 2.05) is 43.9 Å². The number of fused-ring (bicyclic) bond motifs is 1. The first-order valence-electron chi connectivity index (χ1n) is 6.28. The molecule has 0 saturated heterocycles. The highest BCUT2D eigenvalue weighted by atomic mass is 79.9. The fourth-order valence-corrected chi connectivity index (χ4v) is 2.21. The number of halogens is 1. The molecule has 19 heavy (non-hydrogen) atoms. The van der Waals surface area contributed by atoms with Crippen molar-refractivity contribution in [1.29, 1.82) is 0 Å². The van der Waals surface area contributed by atoms with E-state index < -0.39 is 4.32 Å². The van der Waals surface area contributed by atoms with Crippen LogP contribution in [0.15, 0.2) is 18.2 Å². The average Bonchev–Trinajstić information content (AvgIpc) is 2.81. The van der Waals surface area contributed by atoms with Gasteiger partial charge in [-0.3, -0.25) is 4.79 Å². The second-order valence-electron chi connectivity index (χ2n) is 4.98. The third kappa shape index (κ3) is 3.21. The normalized spacial score (nSPS) is 13.5. The van der Waals surface area contributed by atoms with E-state index in [4.69, 9.17) is 9.47 Å². The number of carbonyl (C=O) groups is 1. The van der Waals surface area contributed by atoms with Crippen LogP contribution in [0.1, 0.15) is 26.3 Å². The van der Waals surface area contributed by atoms with Crippen molar-refractivity contribution >= 4 is 21.8 Å². The Kier molecular flexibility index (Phi) is 4.04. The largest absolute Gasteiger partial charge is 0.454 e. The van der Waals surface area contributed by atoms with Gasteiger partial charge in [0.25, 0.3) is 0 Å². The third-order valence-corrected chi connectivity index (χ3v) is 3.33. The van der Waals surface area contributed by atoms with Crippen LogP contribution in [0, 0.1) is 0 Å². The Morgan fingerprint density at radius 3 is 2.68 bits per heavy atom. The SMILES string of the molecule is CCN(Cc1ccc2c(c1)OCO2)C(=O)C(C)(C)Br. The van der Waals surface area contributed by atoms with Crippen LogP contribution >= 0.6 is 15.9 Å². The summed E-state index contributed by atoms with van der Waals surface area (Å²) in [5.41, 5.74) is 1.04. The molecular weight excluding hydrogens is 310 g/mol. The Morgan fingerprint density at radius 2 is 2.05 bits per heavy atom. The maximum Gasteiger partial charge on any atom is 0.239 e. The molecular formula is C14H18BrNO3. The van der Waals surface area contributed by atoms with Crippen LogP contribution < -0.4 is 9.47 Å². The van der Waals surface area contributed by atoms with E-state index in [0.29, 0.717) is 13.1 Å². The maximum absolute atomic E-state index is 12.3. The second-order valence-corrected chi connectivity index (χ2v) is 6.96. The van der Waals surface area contributed by atoms with E-state index in [0.717, 1.165) is 17.1 Å². The number of hydrogen-bond donors (Lipinski definition) is 0. The van der Waals surface area contributed by atoms with Crippen molar-refractivity contribution in [3.8, 4) is 11.5 Å². The molecule has 0 radical (unpaired) electrons. The Bertz CT molecular complexity index is 482. The summed E-state index contributed by atoms with van der Waals surface area (Å²) in [7, 11) is 0. The van der Waals surface area contributed by atoms with E-state index in [2.05, 4.69) is 15.9 Å². The van der Waals surface area contributed by atoms with Crippen LogP contribution in [0.3, 0.4) is 0 Å². The van der Waals surface area contributed by atoms with Crippen molar-refractivity contribution in [3.63, 3.8) is 0 Å². The minimum atomic E-state index is -0.542. The van der Waals surface area contributed by atoms with E-state index in [1.54, 1.807) is 0 Å². The lowest BCUT2D eigenvalue weighted by atomic mass is 10.1. The fourth-order valence-electron chi connectivity index (χ4n) is 1.96. The molecule has 0 spiro atoms. The van der Waals surface area contributed by atoms with Crippen molar-refractivity contribution in [2.75, 3.05) is 13.3 Å². The summed E-state index contributed by atoms with van der Waals surface area (Å²) in [4.78, 5) is 14.1. The summed E-state index contributed by atoms with van der Waals surface area (Å²) in [5, 5.41) is 0. The van der Waals surface area contributed by atoms with Crippen molar-refractivity contribution in [2.45, 2.75) is 31.6 Å². The minimum Gasteiger partial charge on any atom is -0.454 e. The number of rotatable bonds is 4. The third-order valence-electron chi connectivity index (χ3n) is 2.99. The molecule has 1 heterocycles. The predicted octanol–water partition coefficient (Wildman–Crippen LogP) is 2.94. The van der Waals surface area contributed by atoms with Crippen LogP contribution in [-0.2, 0) is 11.3 Å². The van der Waals surface area contributed by atoms with Gasteiger partial charge in [-0.15, -0.1) is 0 Å². The molecule has 1 aliphatic heterocycles. The number of nitrogens with zero attached hydrogens (tertiary/aromatic N) is 1. The summed E-state index contributed by atoms with van der Waals surface area (Å²) >= 11 is 3.41. The number of ether oxygens (including phenoxy) is 2. The first-order valence-corrected chi connectivity index (χ1v) is 7.08. The molecule has 1 aliphatic rings. The molecule has 2 rings (SSSR count). The smallest absolute Gasteiger partial charge is 0.239 e. The molecule has 0 aromatic heterocycles. The zero-order chi connectivity index (χ0) is 14.0. The first kappa shape index (κ1) is 14.2. The molecule has 0 unspecified atom stereocenters. The standard InChI is InChI=1S/C14H18BrNO3/c1-4-16(13(17)14(2,3)15)8-10-5-6-11-12(7-10)19-9-18-11/h5-7H,4,8-9H2,1-3H3. The van der Waals surface area contributed by atoms with Gasteiger partial charge < -0.3 is 14.4 Å². The predicted molar refractivity (Wildman–Crippen MR) is 76.7 cm³/mol. The Hall–Kier alpha value is -1.23. The topological polar surface area (TPSA) is 38.8 Å². The average molecular weight is 328 g/mol. The van der Waals surface area contributed by atoms with Crippen LogP contribution in [0.25, 0.3) is 0 Å². The lowest BCUT2D eigenvalue weighted by molar-refractivity contribution is -0.133. The van der Waals surface area contributed by atoms with Crippen molar-refractivity contribution in [1.82, 2.24) is 4.90 Å². The molecule has 1 amide bonds. The summed E-state index contributed by atoms with van der Waals surface area (Å²) < 4.78 is 10.1. The lowest BCUT2D eigenvalue weighted by Crippen LogP contribution is -2.41. The van der Waals surface area contributed by atoms with Gasteiger partial charge in [0, 0.05) is 13.1 Å². The molecule has 0 saturated carbocycles. The zero-order valence-electron chi connectivity index (χ0n) is 11.4. The number of amides is 1. The molecule has 0 atom stereocenters. The van der Waals surface area contributed by atoms with Gasteiger partial charge in [0.15, 0.2) is 11.5 Å². The molecule has 1 aromatic rings.